The molecular weight excluding hydrogens is 336 g/mol. The van der Waals surface area contributed by atoms with E-state index in [-0.39, 0.29) is 11.2 Å². The van der Waals surface area contributed by atoms with Crippen LogP contribution in [0.4, 0.5) is 5.69 Å². The Morgan fingerprint density at radius 1 is 1.24 bits per heavy atom. The SMILES string of the molecule is O=[N+]([O-])c1cccc(/C=N\NC(=S)NC23CC4CC(CC(C4)C2)C3)c1. The number of benzene rings is 1. The molecule has 5 rings (SSSR count). The Labute approximate surface area is 152 Å². The van der Waals surface area contributed by atoms with E-state index in [0.29, 0.717) is 10.7 Å². The number of nitrogens with zero attached hydrogens (tertiary/aromatic N) is 2. The van der Waals surface area contributed by atoms with Crippen molar-refractivity contribution in [2.24, 2.45) is 22.9 Å². The highest BCUT2D eigenvalue weighted by Gasteiger charge is 2.51. The number of thiocarbonyl (C=S) groups is 1. The molecule has 0 heterocycles. The zero-order chi connectivity index (χ0) is 17.4. The van der Waals surface area contributed by atoms with Crippen LogP contribution < -0.4 is 10.7 Å². The molecule has 0 aromatic heterocycles. The fourth-order valence-corrected chi connectivity index (χ4v) is 5.69. The molecule has 4 saturated carbocycles. The fourth-order valence-electron chi connectivity index (χ4n) is 5.42. The summed E-state index contributed by atoms with van der Waals surface area (Å²) < 4.78 is 0. The summed E-state index contributed by atoms with van der Waals surface area (Å²) in [7, 11) is 0. The Bertz CT molecular complexity index is 698. The topological polar surface area (TPSA) is 79.6 Å². The average molecular weight is 358 g/mol. The van der Waals surface area contributed by atoms with Gasteiger partial charge >= 0.3 is 0 Å². The summed E-state index contributed by atoms with van der Waals surface area (Å²) >= 11 is 5.43. The van der Waals surface area contributed by atoms with E-state index in [1.165, 1.54) is 50.7 Å². The molecule has 4 bridgehead atoms. The van der Waals surface area contributed by atoms with Crippen molar-refractivity contribution in [3.63, 3.8) is 0 Å². The number of nitro groups is 1. The highest BCUT2D eigenvalue weighted by molar-refractivity contribution is 7.80. The molecule has 0 aliphatic heterocycles. The smallest absolute Gasteiger partial charge is 0.270 e. The Kier molecular flexibility index (Phi) is 4.19. The number of rotatable bonds is 4. The van der Waals surface area contributed by atoms with Crippen molar-refractivity contribution in [3.05, 3.63) is 39.9 Å². The summed E-state index contributed by atoms with van der Waals surface area (Å²) in [5, 5.41) is 19.0. The maximum Gasteiger partial charge on any atom is 0.270 e. The summed E-state index contributed by atoms with van der Waals surface area (Å²) in [6.07, 6.45) is 9.39. The molecule has 6 nitrogen and oxygen atoms in total. The lowest BCUT2D eigenvalue weighted by Gasteiger charge is -2.57. The zero-order valence-electron chi connectivity index (χ0n) is 14.0. The minimum atomic E-state index is -0.413. The van der Waals surface area contributed by atoms with Crippen LogP contribution in [0.3, 0.4) is 0 Å². The van der Waals surface area contributed by atoms with Gasteiger partial charge in [-0.3, -0.25) is 15.5 Å². The van der Waals surface area contributed by atoms with Crippen molar-refractivity contribution in [2.75, 3.05) is 0 Å². The summed E-state index contributed by atoms with van der Waals surface area (Å²) in [5.74, 6) is 2.57. The molecule has 0 amide bonds. The largest absolute Gasteiger partial charge is 0.356 e. The molecule has 0 unspecified atom stereocenters. The lowest BCUT2D eigenvalue weighted by molar-refractivity contribution is -0.384. The van der Waals surface area contributed by atoms with Gasteiger partial charge in [0.2, 0.25) is 0 Å². The number of hydrogen-bond acceptors (Lipinski definition) is 4. The normalized spacial score (nSPS) is 32.7. The lowest BCUT2D eigenvalue weighted by Crippen LogP contribution is -2.61. The Balaban J connectivity index is 1.35. The van der Waals surface area contributed by atoms with Gasteiger partial charge in [0.25, 0.3) is 5.69 Å². The first kappa shape index (κ1) is 16.4. The van der Waals surface area contributed by atoms with Gasteiger partial charge in [0, 0.05) is 23.2 Å². The minimum absolute atomic E-state index is 0.0539. The third kappa shape index (κ3) is 3.51. The highest BCUT2D eigenvalue weighted by Crippen LogP contribution is 2.55. The second-order valence-electron chi connectivity index (χ2n) is 7.87. The van der Waals surface area contributed by atoms with Gasteiger partial charge in [-0.1, -0.05) is 12.1 Å². The number of non-ortho nitro benzene ring substituents is 1. The molecule has 0 spiro atoms. The van der Waals surface area contributed by atoms with E-state index in [4.69, 9.17) is 12.2 Å². The molecule has 0 saturated heterocycles. The average Bonchev–Trinajstić information content (AvgIpc) is 2.53. The van der Waals surface area contributed by atoms with Crippen LogP contribution in [-0.4, -0.2) is 21.8 Å². The standard InChI is InChI=1S/C18H22N4O2S/c23-22(24)16-3-1-2-12(7-16)11-19-21-17(25)20-18-8-13-4-14(9-18)6-15(5-13)10-18/h1-3,7,11,13-15H,4-6,8-10H2,(H2,20,21,25)/b19-11-. The van der Waals surface area contributed by atoms with Gasteiger partial charge in [-0.25, -0.2) is 0 Å². The molecule has 4 aliphatic carbocycles. The van der Waals surface area contributed by atoms with E-state index in [9.17, 15) is 10.1 Å². The van der Waals surface area contributed by atoms with Crippen molar-refractivity contribution in [1.29, 1.82) is 0 Å². The van der Waals surface area contributed by atoms with E-state index >= 15 is 0 Å². The van der Waals surface area contributed by atoms with Crippen molar-refractivity contribution in [3.8, 4) is 0 Å². The molecule has 132 valence electrons. The van der Waals surface area contributed by atoms with Gasteiger partial charge < -0.3 is 5.32 Å². The molecular formula is C18H22N4O2S. The van der Waals surface area contributed by atoms with Crippen LogP contribution in [-0.2, 0) is 0 Å². The molecule has 2 N–H and O–H groups in total. The van der Waals surface area contributed by atoms with Crippen LogP contribution in [0.25, 0.3) is 0 Å². The van der Waals surface area contributed by atoms with Crippen molar-refractivity contribution < 1.29 is 4.92 Å². The van der Waals surface area contributed by atoms with Gasteiger partial charge in [-0.2, -0.15) is 5.10 Å². The molecule has 4 fully saturated rings. The molecule has 1 aromatic carbocycles. The maximum absolute atomic E-state index is 10.8. The number of hydrogen-bond donors (Lipinski definition) is 2. The van der Waals surface area contributed by atoms with E-state index < -0.39 is 4.92 Å². The zero-order valence-corrected chi connectivity index (χ0v) is 14.8. The van der Waals surface area contributed by atoms with E-state index in [1.807, 2.05) is 0 Å². The lowest BCUT2D eigenvalue weighted by atomic mass is 9.53. The number of nitrogens with one attached hydrogen (secondary N) is 2. The first-order valence-electron chi connectivity index (χ1n) is 8.87. The number of nitro benzene ring substituents is 1. The first-order chi connectivity index (χ1) is 12.0. The Morgan fingerprint density at radius 3 is 2.48 bits per heavy atom. The molecule has 0 atom stereocenters. The third-order valence-electron chi connectivity index (χ3n) is 5.88. The number of hydrazone groups is 1. The molecule has 25 heavy (non-hydrogen) atoms. The highest BCUT2D eigenvalue weighted by atomic mass is 32.1. The molecule has 7 heteroatoms. The molecule has 0 radical (unpaired) electrons. The van der Waals surface area contributed by atoms with Gasteiger partial charge in [-0.05, 0) is 68.5 Å². The predicted molar refractivity (Wildman–Crippen MR) is 100 cm³/mol. The second-order valence-corrected chi connectivity index (χ2v) is 8.28. The van der Waals surface area contributed by atoms with E-state index in [0.717, 1.165) is 17.8 Å². The van der Waals surface area contributed by atoms with Crippen LogP contribution in [0, 0.1) is 27.9 Å². The first-order valence-corrected chi connectivity index (χ1v) is 9.28. The Morgan fingerprint density at radius 2 is 1.88 bits per heavy atom. The van der Waals surface area contributed by atoms with Crippen molar-refractivity contribution in [2.45, 2.75) is 44.1 Å². The van der Waals surface area contributed by atoms with Gasteiger partial charge in [-0.15, -0.1) is 0 Å². The Hall–Kier alpha value is -2.02. The minimum Gasteiger partial charge on any atom is -0.356 e. The summed E-state index contributed by atoms with van der Waals surface area (Å²) in [6.45, 7) is 0. The third-order valence-corrected chi connectivity index (χ3v) is 6.07. The quantitative estimate of drug-likeness (QED) is 0.373. The van der Waals surface area contributed by atoms with E-state index in [2.05, 4.69) is 15.8 Å². The fraction of sp³-hybridized carbons (Fsp3) is 0.556. The maximum atomic E-state index is 10.8. The van der Waals surface area contributed by atoms with Crippen LogP contribution >= 0.6 is 12.2 Å². The summed E-state index contributed by atoms with van der Waals surface area (Å²) in [4.78, 5) is 10.4. The van der Waals surface area contributed by atoms with Crippen molar-refractivity contribution in [1.82, 2.24) is 10.7 Å². The molecule has 4 aliphatic rings. The van der Waals surface area contributed by atoms with Crippen LogP contribution in [0.2, 0.25) is 0 Å². The summed E-state index contributed by atoms with van der Waals surface area (Å²) in [6, 6.07) is 6.37. The monoisotopic (exact) mass is 358 g/mol. The predicted octanol–water partition coefficient (Wildman–Crippen LogP) is 3.36. The van der Waals surface area contributed by atoms with Crippen LogP contribution in [0.1, 0.15) is 44.1 Å². The van der Waals surface area contributed by atoms with Crippen LogP contribution in [0.5, 0.6) is 0 Å². The van der Waals surface area contributed by atoms with Gasteiger partial charge in [0.05, 0.1) is 11.1 Å². The molecule has 1 aromatic rings. The van der Waals surface area contributed by atoms with Gasteiger partial charge in [0.15, 0.2) is 5.11 Å². The van der Waals surface area contributed by atoms with Crippen LogP contribution in [0.15, 0.2) is 29.4 Å². The summed E-state index contributed by atoms with van der Waals surface area (Å²) in [5.41, 5.74) is 3.75. The second kappa shape index (κ2) is 6.37. The van der Waals surface area contributed by atoms with Crippen molar-refractivity contribution >= 4 is 29.2 Å². The van der Waals surface area contributed by atoms with Gasteiger partial charge in [0.1, 0.15) is 0 Å². The van der Waals surface area contributed by atoms with E-state index in [1.54, 1.807) is 18.3 Å².